The number of carbonyl (C=O) groups excluding carboxylic acids is 2. The van der Waals surface area contributed by atoms with E-state index in [4.69, 9.17) is 4.99 Å². The molecule has 2 atom stereocenters. The lowest BCUT2D eigenvalue weighted by Crippen LogP contribution is -2.43. The number of rotatable bonds is 7. The Bertz CT molecular complexity index is 1370. The molecule has 1 saturated heterocycles. The number of aliphatic imine (C=N–C) groups is 1. The van der Waals surface area contributed by atoms with Gasteiger partial charge >= 0.3 is 0 Å². The second-order valence-electron chi connectivity index (χ2n) is 9.50. The van der Waals surface area contributed by atoms with E-state index in [9.17, 15) is 9.59 Å². The largest absolute Gasteiger partial charge is 0.340 e. The molecule has 5 rings (SSSR count). The minimum Gasteiger partial charge on any atom is -0.340 e. The summed E-state index contributed by atoms with van der Waals surface area (Å²) in [6, 6.07) is 26.9. The molecule has 2 aliphatic rings. The van der Waals surface area contributed by atoms with Gasteiger partial charge in [-0.25, -0.2) is 4.99 Å². The third kappa shape index (κ3) is 5.53. The van der Waals surface area contributed by atoms with Crippen molar-refractivity contribution in [1.29, 1.82) is 0 Å². The van der Waals surface area contributed by atoms with E-state index in [1.807, 2.05) is 98.8 Å². The minimum atomic E-state index is -0.299. The van der Waals surface area contributed by atoms with Crippen LogP contribution >= 0.6 is 11.8 Å². The molecule has 2 amide bonds. The van der Waals surface area contributed by atoms with Gasteiger partial charge in [0, 0.05) is 23.7 Å². The highest BCUT2D eigenvalue weighted by atomic mass is 32.2. The summed E-state index contributed by atoms with van der Waals surface area (Å²) in [4.78, 5) is 34.0. The summed E-state index contributed by atoms with van der Waals surface area (Å²) in [5, 5.41) is 7.13. The summed E-state index contributed by atoms with van der Waals surface area (Å²) >= 11 is 1.73. The van der Waals surface area contributed by atoms with E-state index in [0.29, 0.717) is 17.7 Å². The molecule has 1 fully saturated rings. The first-order chi connectivity index (χ1) is 18.5. The van der Waals surface area contributed by atoms with Gasteiger partial charge in [-0.2, -0.15) is 0 Å². The number of anilines is 2. The summed E-state index contributed by atoms with van der Waals surface area (Å²) in [6.45, 7) is 4.74. The normalized spacial score (nSPS) is 17.8. The van der Waals surface area contributed by atoms with Crippen molar-refractivity contribution in [3.63, 3.8) is 0 Å². The quantitative estimate of drug-likeness (QED) is 0.366. The molecule has 38 heavy (non-hydrogen) atoms. The van der Waals surface area contributed by atoms with Crippen LogP contribution < -0.4 is 10.6 Å². The van der Waals surface area contributed by atoms with Gasteiger partial charge in [0.05, 0.1) is 23.2 Å². The minimum absolute atomic E-state index is 0.0379. The topological polar surface area (TPSA) is 73.8 Å². The first-order valence-electron chi connectivity index (χ1n) is 13.1. The number of fused-ring (bicyclic) bond motifs is 1. The Morgan fingerprint density at radius 1 is 0.974 bits per heavy atom. The molecule has 3 aromatic carbocycles. The molecule has 2 aliphatic heterocycles. The van der Waals surface area contributed by atoms with Crippen molar-refractivity contribution < 1.29 is 9.59 Å². The van der Waals surface area contributed by atoms with Crippen molar-refractivity contribution in [2.24, 2.45) is 4.99 Å². The smallest absolute Gasteiger partial charge is 0.255 e. The SMILES string of the molecule is CCC(C(=O)Nc1cccc(C2C(C(=O)Nc3ccccc3)=C(C)N=C3SCCCN32)c1)c1ccccc1. The maximum absolute atomic E-state index is 13.6. The molecular formula is C31H32N4O2S. The molecular weight excluding hydrogens is 492 g/mol. The number of para-hydroxylation sites is 1. The van der Waals surface area contributed by atoms with Gasteiger partial charge in [-0.1, -0.05) is 79.3 Å². The second-order valence-corrected chi connectivity index (χ2v) is 10.6. The molecule has 0 bridgehead atoms. The average molecular weight is 525 g/mol. The number of nitrogens with zero attached hydrogens (tertiary/aromatic N) is 2. The molecule has 0 radical (unpaired) electrons. The van der Waals surface area contributed by atoms with Crippen molar-refractivity contribution in [2.45, 2.75) is 38.6 Å². The number of amidine groups is 1. The lowest BCUT2D eigenvalue weighted by molar-refractivity contribution is -0.117. The van der Waals surface area contributed by atoms with Crippen molar-refractivity contribution in [3.05, 3.63) is 107 Å². The summed E-state index contributed by atoms with van der Waals surface area (Å²) in [7, 11) is 0. The fraction of sp³-hybridized carbons (Fsp3) is 0.258. The Balaban J connectivity index is 1.46. The zero-order chi connectivity index (χ0) is 26.5. The molecule has 0 saturated carbocycles. The van der Waals surface area contributed by atoms with E-state index in [1.54, 1.807) is 11.8 Å². The standard InChI is InChI=1S/C31H32N4O2S/c1-3-26(22-12-6-4-7-13-22)29(36)34-25-17-10-14-23(20-25)28-27(30(37)33-24-15-8-5-9-16-24)21(2)32-31-35(28)18-11-19-38-31/h4-10,12-17,20,26,28H,3,11,18-19H2,1-2H3,(H,33,37)(H,34,36). The second kappa shape index (κ2) is 11.7. The third-order valence-corrected chi connectivity index (χ3v) is 8.01. The maximum Gasteiger partial charge on any atom is 0.255 e. The van der Waals surface area contributed by atoms with Gasteiger partial charge in [0.1, 0.15) is 0 Å². The summed E-state index contributed by atoms with van der Waals surface area (Å²) in [5.41, 5.74) is 4.75. The number of carbonyl (C=O) groups is 2. The van der Waals surface area contributed by atoms with Crippen LogP contribution in [0.5, 0.6) is 0 Å². The van der Waals surface area contributed by atoms with E-state index in [0.717, 1.165) is 46.4 Å². The lowest BCUT2D eigenvalue weighted by atomic mass is 9.92. The Hall–Kier alpha value is -3.84. The lowest BCUT2D eigenvalue weighted by Gasteiger charge is -2.41. The Kier molecular flexibility index (Phi) is 7.94. The molecule has 2 N–H and O–H groups in total. The number of thioether (sulfide) groups is 1. The predicted molar refractivity (Wildman–Crippen MR) is 156 cm³/mol. The number of hydrogen-bond acceptors (Lipinski definition) is 5. The monoisotopic (exact) mass is 524 g/mol. The summed E-state index contributed by atoms with van der Waals surface area (Å²) in [6.07, 6.45) is 1.72. The highest BCUT2D eigenvalue weighted by Gasteiger charge is 2.37. The zero-order valence-electron chi connectivity index (χ0n) is 21.7. The van der Waals surface area contributed by atoms with E-state index < -0.39 is 0 Å². The summed E-state index contributed by atoms with van der Waals surface area (Å²) in [5.74, 6) is 0.571. The Morgan fingerprint density at radius 2 is 1.68 bits per heavy atom. The first-order valence-corrected chi connectivity index (χ1v) is 14.0. The van der Waals surface area contributed by atoms with Crippen LogP contribution in [0.1, 0.15) is 49.8 Å². The fourth-order valence-corrected chi connectivity index (χ4v) is 6.12. The van der Waals surface area contributed by atoms with Crippen LogP contribution in [0.25, 0.3) is 0 Å². The first kappa shape index (κ1) is 25.8. The molecule has 194 valence electrons. The van der Waals surface area contributed by atoms with Crippen LogP contribution in [0, 0.1) is 0 Å². The van der Waals surface area contributed by atoms with E-state index in [1.165, 1.54) is 0 Å². The molecule has 0 aromatic heterocycles. The van der Waals surface area contributed by atoms with Gasteiger partial charge in [0.2, 0.25) is 5.91 Å². The zero-order valence-corrected chi connectivity index (χ0v) is 22.5. The van der Waals surface area contributed by atoms with Gasteiger partial charge in [-0.3, -0.25) is 9.59 Å². The van der Waals surface area contributed by atoms with Crippen molar-refractivity contribution >= 4 is 40.1 Å². The predicted octanol–water partition coefficient (Wildman–Crippen LogP) is 6.58. The molecule has 7 heteroatoms. The van der Waals surface area contributed by atoms with Crippen LogP contribution in [0.3, 0.4) is 0 Å². The van der Waals surface area contributed by atoms with Crippen LogP contribution in [-0.4, -0.2) is 34.2 Å². The number of hydrogen-bond donors (Lipinski definition) is 2. The molecule has 0 spiro atoms. The van der Waals surface area contributed by atoms with Crippen LogP contribution in [0.15, 0.2) is 101 Å². The van der Waals surface area contributed by atoms with E-state index >= 15 is 0 Å². The number of allylic oxidation sites excluding steroid dienone is 1. The molecule has 0 aliphatic carbocycles. The van der Waals surface area contributed by atoms with E-state index in [-0.39, 0.29) is 23.8 Å². The van der Waals surface area contributed by atoms with Gasteiger partial charge in [0.25, 0.3) is 5.91 Å². The maximum atomic E-state index is 13.6. The molecule has 3 aromatic rings. The van der Waals surface area contributed by atoms with Gasteiger partial charge in [-0.05, 0) is 55.2 Å². The van der Waals surface area contributed by atoms with Crippen molar-refractivity contribution in [1.82, 2.24) is 4.90 Å². The van der Waals surface area contributed by atoms with Gasteiger partial charge < -0.3 is 15.5 Å². The highest BCUT2D eigenvalue weighted by molar-refractivity contribution is 8.13. The van der Waals surface area contributed by atoms with Gasteiger partial charge in [-0.15, -0.1) is 0 Å². The number of nitrogens with one attached hydrogen (secondary N) is 2. The summed E-state index contributed by atoms with van der Waals surface area (Å²) < 4.78 is 0. The van der Waals surface area contributed by atoms with E-state index in [2.05, 4.69) is 15.5 Å². The Labute approximate surface area is 228 Å². The van der Waals surface area contributed by atoms with Crippen LogP contribution in [-0.2, 0) is 9.59 Å². The van der Waals surface area contributed by atoms with Crippen molar-refractivity contribution in [3.8, 4) is 0 Å². The third-order valence-electron chi connectivity index (χ3n) is 6.93. The van der Waals surface area contributed by atoms with Crippen LogP contribution in [0.2, 0.25) is 0 Å². The number of amides is 2. The van der Waals surface area contributed by atoms with Gasteiger partial charge in [0.15, 0.2) is 5.17 Å². The molecule has 2 unspecified atom stereocenters. The molecule has 6 nitrogen and oxygen atoms in total. The van der Waals surface area contributed by atoms with Crippen molar-refractivity contribution in [2.75, 3.05) is 22.9 Å². The van der Waals surface area contributed by atoms with Crippen LogP contribution in [0.4, 0.5) is 11.4 Å². The Morgan fingerprint density at radius 3 is 2.42 bits per heavy atom. The average Bonchev–Trinajstić information content (AvgIpc) is 2.94. The molecule has 2 heterocycles. The number of benzene rings is 3. The fourth-order valence-electron chi connectivity index (χ4n) is 5.10. The highest BCUT2D eigenvalue weighted by Crippen LogP contribution is 2.40.